The van der Waals surface area contributed by atoms with Crippen molar-refractivity contribution >= 4 is 23.7 Å². The first-order valence-electron chi connectivity index (χ1n) is 6.77. The van der Waals surface area contributed by atoms with Crippen molar-refractivity contribution < 1.29 is 14.4 Å². The summed E-state index contributed by atoms with van der Waals surface area (Å²) in [6.45, 7) is 1.96. The van der Waals surface area contributed by atoms with Crippen molar-refractivity contribution in [3.8, 4) is 0 Å². The van der Waals surface area contributed by atoms with E-state index in [1.54, 1.807) is 6.08 Å². The molecule has 0 aliphatic rings. The molecule has 5 heteroatoms. The Morgan fingerprint density at radius 3 is 2.38 bits per heavy atom. The number of hydrogen-bond donors (Lipinski definition) is 1. The number of ketones is 1. The van der Waals surface area contributed by atoms with Crippen LogP contribution in [0.5, 0.6) is 0 Å². The summed E-state index contributed by atoms with van der Waals surface area (Å²) in [5.41, 5.74) is 6.07. The topological polar surface area (TPSA) is 80.5 Å². The number of carbonyl (C=O) groups excluding carboxylic acids is 3. The Balaban J connectivity index is 2.63. The molecule has 1 aromatic carbocycles. The molecule has 112 valence electrons. The lowest BCUT2D eigenvalue weighted by Gasteiger charge is -2.20. The molecule has 1 unspecified atom stereocenters. The highest BCUT2D eigenvalue weighted by Gasteiger charge is 2.21. The zero-order chi connectivity index (χ0) is 15.8. The van der Waals surface area contributed by atoms with Gasteiger partial charge in [0.05, 0.1) is 5.92 Å². The van der Waals surface area contributed by atoms with Gasteiger partial charge in [-0.05, 0) is 18.1 Å². The molecule has 1 rings (SSSR count). The summed E-state index contributed by atoms with van der Waals surface area (Å²) >= 11 is 0. The van der Waals surface area contributed by atoms with E-state index in [0.717, 1.165) is 5.56 Å². The van der Waals surface area contributed by atoms with Gasteiger partial charge in [-0.2, -0.15) is 0 Å². The number of amides is 2. The van der Waals surface area contributed by atoms with E-state index in [1.165, 1.54) is 18.0 Å². The van der Waals surface area contributed by atoms with Crippen LogP contribution in [0.1, 0.15) is 18.9 Å². The molecule has 0 aromatic heterocycles. The van der Waals surface area contributed by atoms with Gasteiger partial charge in [-0.25, -0.2) is 0 Å². The fraction of sp³-hybridized carbons (Fsp3) is 0.312. The van der Waals surface area contributed by atoms with Gasteiger partial charge in [0.1, 0.15) is 0 Å². The second kappa shape index (κ2) is 7.99. The molecule has 1 aromatic rings. The summed E-state index contributed by atoms with van der Waals surface area (Å²) in [5.74, 6) is -2.18. The third-order valence-corrected chi connectivity index (χ3v) is 3.17. The SMILES string of the molecule is CCC(CN(C)C(=O)C(=O)/C=C/c1ccccc1)C(N)=O. The van der Waals surface area contributed by atoms with E-state index in [2.05, 4.69) is 0 Å². The van der Waals surface area contributed by atoms with Gasteiger partial charge in [-0.1, -0.05) is 43.3 Å². The average molecular weight is 288 g/mol. The molecule has 0 saturated carbocycles. The minimum absolute atomic E-state index is 0.148. The lowest BCUT2D eigenvalue weighted by Crippen LogP contribution is -2.39. The predicted octanol–water partition coefficient (Wildman–Crippen LogP) is 1.24. The molecule has 5 nitrogen and oxygen atoms in total. The number of carbonyl (C=O) groups is 3. The molecule has 21 heavy (non-hydrogen) atoms. The Kier molecular flexibility index (Phi) is 6.33. The van der Waals surface area contributed by atoms with E-state index in [1.807, 2.05) is 37.3 Å². The van der Waals surface area contributed by atoms with E-state index < -0.39 is 23.5 Å². The first kappa shape index (κ1) is 16.6. The number of benzene rings is 1. The fourth-order valence-electron chi connectivity index (χ4n) is 1.83. The van der Waals surface area contributed by atoms with Gasteiger partial charge >= 0.3 is 0 Å². The molecule has 0 radical (unpaired) electrons. The van der Waals surface area contributed by atoms with Gasteiger partial charge in [-0.15, -0.1) is 0 Å². The molecule has 0 spiro atoms. The summed E-state index contributed by atoms with van der Waals surface area (Å²) in [5, 5.41) is 0. The Bertz CT molecular complexity index is 538. The van der Waals surface area contributed by atoms with Crippen molar-refractivity contribution in [2.24, 2.45) is 11.7 Å². The highest BCUT2D eigenvalue weighted by molar-refractivity contribution is 6.41. The maximum Gasteiger partial charge on any atom is 0.294 e. The minimum atomic E-state index is -0.651. The van der Waals surface area contributed by atoms with Crippen molar-refractivity contribution in [2.45, 2.75) is 13.3 Å². The third kappa shape index (κ3) is 5.22. The Morgan fingerprint density at radius 1 is 1.24 bits per heavy atom. The van der Waals surface area contributed by atoms with Gasteiger partial charge < -0.3 is 10.6 Å². The van der Waals surface area contributed by atoms with Gasteiger partial charge in [0, 0.05) is 13.6 Å². The molecular formula is C16H20N2O3. The highest BCUT2D eigenvalue weighted by Crippen LogP contribution is 2.05. The van der Waals surface area contributed by atoms with E-state index >= 15 is 0 Å². The molecule has 0 aliphatic heterocycles. The van der Waals surface area contributed by atoms with Gasteiger partial charge in [0.25, 0.3) is 5.91 Å². The molecule has 0 bridgehead atoms. The van der Waals surface area contributed by atoms with Crippen LogP contribution in [-0.2, 0) is 14.4 Å². The quantitative estimate of drug-likeness (QED) is 0.605. The molecular weight excluding hydrogens is 268 g/mol. The highest BCUT2D eigenvalue weighted by atomic mass is 16.2. The van der Waals surface area contributed by atoms with Crippen LogP contribution in [0.4, 0.5) is 0 Å². The molecule has 2 N–H and O–H groups in total. The number of nitrogens with zero attached hydrogens (tertiary/aromatic N) is 1. The monoisotopic (exact) mass is 288 g/mol. The van der Waals surface area contributed by atoms with E-state index in [0.29, 0.717) is 6.42 Å². The molecule has 0 heterocycles. The van der Waals surface area contributed by atoms with Crippen molar-refractivity contribution in [1.29, 1.82) is 0 Å². The van der Waals surface area contributed by atoms with Crippen molar-refractivity contribution in [2.75, 3.05) is 13.6 Å². The van der Waals surface area contributed by atoms with Crippen molar-refractivity contribution in [3.05, 3.63) is 42.0 Å². The third-order valence-electron chi connectivity index (χ3n) is 3.17. The number of primary amides is 1. The van der Waals surface area contributed by atoms with Crippen LogP contribution in [-0.4, -0.2) is 36.1 Å². The Labute approximate surface area is 124 Å². The first-order chi connectivity index (χ1) is 9.95. The zero-order valence-corrected chi connectivity index (χ0v) is 12.3. The summed E-state index contributed by atoms with van der Waals surface area (Å²) in [6, 6.07) is 9.22. The predicted molar refractivity (Wildman–Crippen MR) is 81.1 cm³/mol. The molecule has 2 amide bonds. The summed E-state index contributed by atoms with van der Waals surface area (Å²) < 4.78 is 0. The summed E-state index contributed by atoms with van der Waals surface area (Å²) in [6.07, 6.45) is 3.35. The largest absolute Gasteiger partial charge is 0.369 e. The number of nitrogens with two attached hydrogens (primary N) is 1. The fourth-order valence-corrected chi connectivity index (χ4v) is 1.83. The molecule has 0 fully saturated rings. The lowest BCUT2D eigenvalue weighted by molar-refractivity contribution is -0.142. The second-order valence-corrected chi connectivity index (χ2v) is 4.80. The van der Waals surface area contributed by atoms with Crippen LogP contribution < -0.4 is 5.73 Å². The lowest BCUT2D eigenvalue weighted by atomic mass is 10.1. The van der Waals surface area contributed by atoms with Crippen LogP contribution in [0, 0.1) is 5.92 Å². The zero-order valence-electron chi connectivity index (χ0n) is 12.3. The molecule has 0 saturated heterocycles. The standard InChI is InChI=1S/C16H20N2O3/c1-3-13(15(17)20)11-18(2)16(21)14(19)10-9-12-7-5-4-6-8-12/h4-10,13H,3,11H2,1-2H3,(H2,17,20)/b10-9+. The van der Waals surface area contributed by atoms with Crippen molar-refractivity contribution in [1.82, 2.24) is 4.90 Å². The molecule has 0 aliphatic carbocycles. The Hall–Kier alpha value is -2.43. The van der Waals surface area contributed by atoms with Crippen LogP contribution in [0.15, 0.2) is 36.4 Å². The Morgan fingerprint density at radius 2 is 1.86 bits per heavy atom. The minimum Gasteiger partial charge on any atom is -0.369 e. The van der Waals surface area contributed by atoms with Gasteiger partial charge in [0.15, 0.2) is 0 Å². The van der Waals surface area contributed by atoms with Crippen LogP contribution in [0.25, 0.3) is 6.08 Å². The van der Waals surface area contributed by atoms with Crippen molar-refractivity contribution in [3.63, 3.8) is 0 Å². The summed E-state index contributed by atoms with van der Waals surface area (Å²) in [7, 11) is 1.49. The maximum absolute atomic E-state index is 11.9. The second-order valence-electron chi connectivity index (χ2n) is 4.80. The summed E-state index contributed by atoms with van der Waals surface area (Å²) in [4.78, 5) is 36.1. The van der Waals surface area contributed by atoms with Crippen LogP contribution >= 0.6 is 0 Å². The van der Waals surface area contributed by atoms with Gasteiger partial charge in [-0.3, -0.25) is 14.4 Å². The number of likely N-dealkylation sites (N-methyl/N-ethyl adjacent to an activating group) is 1. The van der Waals surface area contributed by atoms with E-state index in [-0.39, 0.29) is 6.54 Å². The van der Waals surface area contributed by atoms with Gasteiger partial charge in [0.2, 0.25) is 11.7 Å². The normalized spacial score (nSPS) is 12.1. The maximum atomic E-state index is 11.9. The number of hydrogen-bond acceptors (Lipinski definition) is 3. The number of rotatable bonds is 7. The average Bonchev–Trinajstić information content (AvgIpc) is 2.49. The van der Waals surface area contributed by atoms with E-state index in [9.17, 15) is 14.4 Å². The smallest absolute Gasteiger partial charge is 0.294 e. The van der Waals surface area contributed by atoms with Crippen LogP contribution in [0.3, 0.4) is 0 Å². The van der Waals surface area contributed by atoms with E-state index in [4.69, 9.17) is 5.73 Å². The first-order valence-corrected chi connectivity index (χ1v) is 6.77. The van der Waals surface area contributed by atoms with Crippen LogP contribution in [0.2, 0.25) is 0 Å². The molecule has 1 atom stereocenters.